The average molecular weight is 419 g/mol. The molecule has 0 spiro atoms. The Morgan fingerprint density at radius 2 is 1.41 bits per heavy atom. The van der Waals surface area contributed by atoms with E-state index in [-0.39, 0.29) is 0 Å². The first kappa shape index (κ1) is 18.8. The predicted molar refractivity (Wildman–Crippen MR) is 126 cm³/mol. The van der Waals surface area contributed by atoms with Crippen molar-refractivity contribution in [2.75, 3.05) is 11.9 Å². The van der Waals surface area contributed by atoms with Crippen molar-refractivity contribution >= 4 is 17.0 Å². The van der Waals surface area contributed by atoms with Crippen molar-refractivity contribution < 1.29 is 4.42 Å². The van der Waals surface area contributed by atoms with E-state index in [2.05, 4.69) is 40.6 Å². The summed E-state index contributed by atoms with van der Waals surface area (Å²) >= 11 is 0. The molecule has 2 unspecified atom stereocenters. The molecule has 156 valence electrons. The van der Waals surface area contributed by atoms with Crippen LogP contribution in [0.5, 0.6) is 0 Å². The minimum Gasteiger partial charge on any atom is -0.430 e. The molecule has 0 saturated heterocycles. The maximum Gasteiger partial charge on any atom is 0.229 e. The van der Waals surface area contributed by atoms with Crippen molar-refractivity contribution in [1.82, 2.24) is 15.0 Å². The molecule has 1 aliphatic carbocycles. The van der Waals surface area contributed by atoms with E-state index in [9.17, 15) is 0 Å². The van der Waals surface area contributed by atoms with Crippen molar-refractivity contribution in [3.8, 4) is 22.8 Å². The van der Waals surface area contributed by atoms with Crippen LogP contribution < -0.4 is 5.32 Å². The fraction of sp³-hybridized carbons (Fsp3) is 0.148. The molecule has 32 heavy (non-hydrogen) atoms. The lowest BCUT2D eigenvalue weighted by molar-refractivity contribution is 0.618. The molecule has 1 fully saturated rings. The molecule has 5 aromatic rings. The fourth-order valence-corrected chi connectivity index (χ4v) is 4.17. The first-order chi connectivity index (χ1) is 15.8. The number of oxazole rings is 1. The van der Waals surface area contributed by atoms with Gasteiger partial charge in [0.25, 0.3) is 0 Å². The van der Waals surface area contributed by atoms with Crippen LogP contribution in [0.3, 0.4) is 0 Å². The van der Waals surface area contributed by atoms with Crippen LogP contribution in [0.4, 0.5) is 5.82 Å². The lowest BCUT2D eigenvalue weighted by Crippen LogP contribution is -2.07. The van der Waals surface area contributed by atoms with Gasteiger partial charge in [-0.15, -0.1) is 0 Å². The summed E-state index contributed by atoms with van der Waals surface area (Å²) in [6, 6.07) is 30.6. The third kappa shape index (κ3) is 3.62. The van der Waals surface area contributed by atoms with Gasteiger partial charge >= 0.3 is 0 Å². The predicted octanol–water partition coefficient (Wildman–Crippen LogP) is 6.17. The van der Waals surface area contributed by atoms with Gasteiger partial charge in [-0.05, 0) is 36.0 Å². The second kappa shape index (κ2) is 7.93. The van der Waals surface area contributed by atoms with Gasteiger partial charge in [0, 0.05) is 17.7 Å². The van der Waals surface area contributed by atoms with Crippen LogP contribution in [-0.4, -0.2) is 21.5 Å². The number of hydrogen-bond donors (Lipinski definition) is 1. The molecule has 0 aliphatic heterocycles. The summed E-state index contributed by atoms with van der Waals surface area (Å²) in [7, 11) is 0. The monoisotopic (exact) mass is 418 g/mol. The normalized spacial score (nSPS) is 17.4. The number of hydrogen-bond acceptors (Lipinski definition) is 5. The Kier molecular flexibility index (Phi) is 4.65. The van der Waals surface area contributed by atoms with Gasteiger partial charge in [-0.3, -0.25) is 0 Å². The van der Waals surface area contributed by atoms with Crippen LogP contribution in [0.25, 0.3) is 34.1 Å². The van der Waals surface area contributed by atoms with E-state index < -0.39 is 0 Å². The van der Waals surface area contributed by atoms with Gasteiger partial charge in [0.05, 0.1) is 0 Å². The van der Waals surface area contributed by atoms with E-state index in [0.717, 1.165) is 17.7 Å². The molecule has 1 N–H and O–H groups in total. The SMILES string of the molecule is c1ccc(-c2nc(NCC3CC3c3ccccc3)c3oc(-c4ccccc4)nc3n2)cc1. The third-order valence-electron chi connectivity index (χ3n) is 5.99. The summed E-state index contributed by atoms with van der Waals surface area (Å²) in [5, 5.41) is 3.54. The molecular weight excluding hydrogens is 396 g/mol. The molecule has 3 aromatic carbocycles. The molecule has 0 bridgehead atoms. The number of aromatic nitrogens is 3. The average Bonchev–Trinajstić information content (AvgIpc) is 3.52. The van der Waals surface area contributed by atoms with Crippen molar-refractivity contribution in [3.63, 3.8) is 0 Å². The Balaban J connectivity index is 1.34. The van der Waals surface area contributed by atoms with Crippen molar-refractivity contribution in [3.05, 3.63) is 96.6 Å². The van der Waals surface area contributed by atoms with Crippen LogP contribution in [0, 0.1) is 5.92 Å². The number of nitrogens with zero attached hydrogens (tertiary/aromatic N) is 3. The van der Waals surface area contributed by atoms with Gasteiger partial charge in [-0.2, -0.15) is 4.98 Å². The van der Waals surface area contributed by atoms with Crippen molar-refractivity contribution in [2.24, 2.45) is 5.92 Å². The van der Waals surface area contributed by atoms with E-state index in [0.29, 0.717) is 40.6 Å². The Morgan fingerprint density at radius 1 is 0.750 bits per heavy atom. The zero-order chi connectivity index (χ0) is 21.3. The smallest absolute Gasteiger partial charge is 0.229 e. The summed E-state index contributed by atoms with van der Waals surface area (Å²) in [4.78, 5) is 14.2. The first-order valence-electron chi connectivity index (χ1n) is 10.9. The maximum atomic E-state index is 6.14. The van der Waals surface area contributed by atoms with Crippen LogP contribution in [-0.2, 0) is 0 Å². The zero-order valence-corrected chi connectivity index (χ0v) is 17.5. The Labute approximate surface area is 186 Å². The molecule has 2 atom stereocenters. The van der Waals surface area contributed by atoms with Gasteiger partial charge in [-0.1, -0.05) is 78.9 Å². The summed E-state index contributed by atoms with van der Waals surface area (Å²) in [5.74, 6) is 3.08. The second-order valence-corrected chi connectivity index (χ2v) is 8.19. The Bertz CT molecular complexity index is 1350. The second-order valence-electron chi connectivity index (χ2n) is 8.19. The molecule has 1 aliphatic rings. The highest BCUT2D eigenvalue weighted by Gasteiger charge is 2.38. The molecule has 1 saturated carbocycles. The lowest BCUT2D eigenvalue weighted by Gasteiger charge is -2.08. The van der Waals surface area contributed by atoms with Gasteiger partial charge < -0.3 is 9.73 Å². The zero-order valence-electron chi connectivity index (χ0n) is 17.5. The standard InChI is InChI=1S/C27H22N4O/c1-4-10-18(11-5-1)22-16-21(22)17-28-25-23-26(30-24(29-25)19-12-6-2-7-13-19)31-27(32-23)20-14-8-3-9-15-20/h1-15,21-22H,16-17H2,(H,28,29,30). The molecule has 2 heterocycles. The van der Waals surface area contributed by atoms with E-state index >= 15 is 0 Å². The third-order valence-corrected chi connectivity index (χ3v) is 5.99. The lowest BCUT2D eigenvalue weighted by atomic mass is 10.1. The van der Waals surface area contributed by atoms with E-state index in [1.165, 1.54) is 12.0 Å². The van der Waals surface area contributed by atoms with Gasteiger partial charge in [0.1, 0.15) is 0 Å². The first-order valence-corrected chi connectivity index (χ1v) is 10.9. The highest BCUT2D eigenvalue weighted by Crippen LogP contribution is 2.47. The molecule has 2 aromatic heterocycles. The highest BCUT2D eigenvalue weighted by molar-refractivity contribution is 5.84. The van der Waals surface area contributed by atoms with Crippen LogP contribution >= 0.6 is 0 Å². The van der Waals surface area contributed by atoms with Crippen molar-refractivity contribution in [1.29, 1.82) is 0 Å². The minimum atomic E-state index is 0.553. The number of benzene rings is 3. The number of nitrogens with one attached hydrogen (secondary N) is 1. The summed E-state index contributed by atoms with van der Waals surface area (Å²) < 4.78 is 6.14. The maximum absolute atomic E-state index is 6.14. The van der Waals surface area contributed by atoms with E-state index in [1.807, 2.05) is 60.7 Å². The largest absolute Gasteiger partial charge is 0.430 e. The number of anilines is 1. The van der Waals surface area contributed by atoms with Crippen molar-refractivity contribution in [2.45, 2.75) is 12.3 Å². The highest BCUT2D eigenvalue weighted by atomic mass is 16.3. The minimum absolute atomic E-state index is 0.553. The molecule has 0 radical (unpaired) electrons. The quantitative estimate of drug-likeness (QED) is 0.357. The summed E-state index contributed by atoms with van der Waals surface area (Å²) in [5.41, 5.74) is 4.44. The fourth-order valence-electron chi connectivity index (χ4n) is 4.17. The van der Waals surface area contributed by atoms with Gasteiger partial charge in [-0.25, -0.2) is 9.97 Å². The van der Waals surface area contributed by atoms with Gasteiger partial charge in [0.15, 0.2) is 11.6 Å². The van der Waals surface area contributed by atoms with Crippen LogP contribution in [0.2, 0.25) is 0 Å². The molecule has 5 nitrogen and oxygen atoms in total. The topological polar surface area (TPSA) is 63.8 Å². The summed E-state index contributed by atoms with van der Waals surface area (Å²) in [6.07, 6.45) is 1.18. The molecular formula is C27H22N4O. The van der Waals surface area contributed by atoms with Crippen LogP contribution in [0.1, 0.15) is 17.9 Å². The molecule has 5 heteroatoms. The number of fused-ring (bicyclic) bond motifs is 1. The Morgan fingerprint density at radius 3 is 2.12 bits per heavy atom. The van der Waals surface area contributed by atoms with Crippen LogP contribution in [0.15, 0.2) is 95.4 Å². The van der Waals surface area contributed by atoms with E-state index in [1.54, 1.807) is 0 Å². The summed E-state index contributed by atoms with van der Waals surface area (Å²) in [6.45, 7) is 0.835. The number of rotatable bonds is 6. The Hall–Kier alpha value is -3.99. The van der Waals surface area contributed by atoms with Gasteiger partial charge in [0.2, 0.25) is 17.1 Å². The van der Waals surface area contributed by atoms with E-state index in [4.69, 9.17) is 14.4 Å². The molecule has 0 amide bonds. The molecule has 6 rings (SSSR count).